The summed E-state index contributed by atoms with van der Waals surface area (Å²) in [4.78, 5) is 21.3. The number of hydrogen-bond donors (Lipinski definition) is 3. The molecule has 0 spiro atoms. The highest BCUT2D eigenvalue weighted by molar-refractivity contribution is 7.89. The molecule has 1 heterocycles. The fourth-order valence-corrected chi connectivity index (χ4v) is 3.33. The Labute approximate surface area is 98.1 Å². The average Bonchev–Trinajstić information content (AvgIpc) is 2.58. The number of amides is 1. The lowest BCUT2D eigenvalue weighted by Gasteiger charge is -2.20. The van der Waals surface area contributed by atoms with E-state index in [1.165, 1.54) is 0 Å². The molecule has 0 radical (unpaired) electrons. The van der Waals surface area contributed by atoms with Gasteiger partial charge in [0, 0.05) is 13.0 Å². The van der Waals surface area contributed by atoms with E-state index in [2.05, 4.69) is 0 Å². The summed E-state index contributed by atoms with van der Waals surface area (Å²) in [5.41, 5.74) is 5.03. The van der Waals surface area contributed by atoms with Crippen LogP contribution in [0.4, 0.5) is 0 Å². The van der Waals surface area contributed by atoms with Crippen molar-refractivity contribution in [3.63, 3.8) is 0 Å². The van der Waals surface area contributed by atoms with Crippen LogP contribution in [0.2, 0.25) is 0 Å². The number of β-amino-alcohol motifs (C(OH)–C–C–N with tert-alkyl or cyclic N) is 1. The summed E-state index contributed by atoms with van der Waals surface area (Å²) in [6.07, 6.45) is -1.56. The largest absolute Gasteiger partial charge is 0.481 e. The van der Waals surface area contributed by atoms with Crippen LogP contribution >= 0.6 is 0 Å². The minimum atomic E-state index is -3.89. The minimum Gasteiger partial charge on any atom is -0.481 e. The van der Waals surface area contributed by atoms with Crippen molar-refractivity contribution >= 4 is 21.9 Å². The Kier molecular flexibility index (Phi) is 4.07. The number of aliphatic hydroxyl groups is 1. The van der Waals surface area contributed by atoms with Gasteiger partial charge in [0.05, 0.1) is 18.3 Å². The number of aliphatic hydroxyl groups excluding tert-OH is 1. The Bertz CT molecular complexity index is 420. The highest BCUT2D eigenvalue weighted by Gasteiger charge is 2.41. The molecule has 2 unspecified atom stereocenters. The monoisotopic (exact) mass is 266 g/mol. The number of hydrogen-bond acceptors (Lipinski definition) is 5. The Morgan fingerprint density at radius 1 is 1.41 bits per heavy atom. The van der Waals surface area contributed by atoms with Gasteiger partial charge in [0.2, 0.25) is 15.9 Å². The maximum absolute atomic E-state index is 11.7. The molecule has 8 nitrogen and oxygen atoms in total. The minimum absolute atomic E-state index is 0.0539. The van der Waals surface area contributed by atoms with Crippen LogP contribution in [0.15, 0.2) is 0 Å². The number of nitrogens with two attached hydrogens (primary N) is 1. The molecular formula is C8H14N2O6S. The zero-order valence-electron chi connectivity index (χ0n) is 8.94. The van der Waals surface area contributed by atoms with E-state index in [1.807, 2.05) is 0 Å². The second-order valence-corrected chi connectivity index (χ2v) is 5.88. The van der Waals surface area contributed by atoms with E-state index in [9.17, 15) is 23.1 Å². The first-order valence-electron chi connectivity index (χ1n) is 4.92. The third-order valence-electron chi connectivity index (χ3n) is 2.49. The van der Waals surface area contributed by atoms with Gasteiger partial charge < -0.3 is 15.9 Å². The standard InChI is InChI=1S/C8H14N2O6S/c9-8(14)6-3-5(11)4-10(6)17(15,16)2-1-7(12)13/h5-6,11H,1-4H2,(H2,9,14)(H,12,13). The third kappa shape index (κ3) is 3.38. The molecule has 0 saturated carbocycles. The van der Waals surface area contributed by atoms with E-state index in [1.54, 1.807) is 0 Å². The van der Waals surface area contributed by atoms with Crippen molar-refractivity contribution in [3.05, 3.63) is 0 Å². The van der Waals surface area contributed by atoms with Crippen molar-refractivity contribution in [1.82, 2.24) is 4.31 Å². The lowest BCUT2D eigenvalue weighted by Crippen LogP contribution is -2.44. The number of primary amides is 1. The normalized spacial score (nSPS) is 25.9. The van der Waals surface area contributed by atoms with Gasteiger partial charge in [-0.25, -0.2) is 8.42 Å². The maximum Gasteiger partial charge on any atom is 0.304 e. The van der Waals surface area contributed by atoms with E-state index in [4.69, 9.17) is 10.8 Å². The van der Waals surface area contributed by atoms with Gasteiger partial charge in [0.1, 0.15) is 6.04 Å². The molecule has 9 heteroatoms. The molecule has 0 aromatic heterocycles. The lowest BCUT2D eigenvalue weighted by molar-refractivity contribution is -0.136. The summed E-state index contributed by atoms with van der Waals surface area (Å²) >= 11 is 0. The summed E-state index contributed by atoms with van der Waals surface area (Å²) in [5, 5.41) is 17.8. The third-order valence-corrected chi connectivity index (χ3v) is 4.33. The Hall–Kier alpha value is -1.19. The first-order valence-corrected chi connectivity index (χ1v) is 6.53. The topological polar surface area (TPSA) is 138 Å². The molecular weight excluding hydrogens is 252 g/mol. The van der Waals surface area contributed by atoms with E-state index < -0.39 is 46.2 Å². The number of sulfonamides is 1. The van der Waals surface area contributed by atoms with Crippen molar-refractivity contribution in [2.24, 2.45) is 5.73 Å². The van der Waals surface area contributed by atoms with Gasteiger partial charge >= 0.3 is 5.97 Å². The molecule has 0 aliphatic carbocycles. The molecule has 4 N–H and O–H groups in total. The van der Waals surface area contributed by atoms with Crippen molar-refractivity contribution < 1.29 is 28.2 Å². The SMILES string of the molecule is NC(=O)C1CC(O)CN1S(=O)(=O)CCC(=O)O. The first-order chi connectivity index (χ1) is 7.74. The van der Waals surface area contributed by atoms with Gasteiger partial charge in [0.15, 0.2) is 0 Å². The van der Waals surface area contributed by atoms with Crippen LogP contribution in [0, 0.1) is 0 Å². The zero-order valence-corrected chi connectivity index (χ0v) is 9.76. The molecule has 1 aliphatic rings. The smallest absolute Gasteiger partial charge is 0.304 e. The quantitative estimate of drug-likeness (QED) is 0.512. The van der Waals surface area contributed by atoms with Crippen molar-refractivity contribution in [2.75, 3.05) is 12.3 Å². The van der Waals surface area contributed by atoms with Crippen LogP contribution in [0.1, 0.15) is 12.8 Å². The van der Waals surface area contributed by atoms with Crippen LogP contribution in [-0.2, 0) is 19.6 Å². The van der Waals surface area contributed by atoms with Gasteiger partial charge in [-0.3, -0.25) is 9.59 Å². The summed E-state index contributed by atoms with van der Waals surface area (Å²) in [6.45, 7) is -0.227. The fraction of sp³-hybridized carbons (Fsp3) is 0.750. The molecule has 1 saturated heterocycles. The molecule has 1 aliphatic heterocycles. The van der Waals surface area contributed by atoms with E-state index >= 15 is 0 Å². The summed E-state index contributed by atoms with van der Waals surface area (Å²) in [6, 6.07) is -1.09. The second kappa shape index (κ2) is 4.98. The number of carbonyl (C=O) groups is 2. The second-order valence-electron chi connectivity index (χ2n) is 3.84. The lowest BCUT2D eigenvalue weighted by atomic mass is 10.2. The highest BCUT2D eigenvalue weighted by atomic mass is 32.2. The molecule has 1 rings (SSSR count). The molecule has 17 heavy (non-hydrogen) atoms. The Balaban J connectivity index is 2.82. The molecule has 1 fully saturated rings. The number of nitrogens with zero attached hydrogens (tertiary/aromatic N) is 1. The van der Waals surface area contributed by atoms with Crippen molar-refractivity contribution in [2.45, 2.75) is 25.0 Å². The van der Waals surface area contributed by atoms with Gasteiger partial charge in [0.25, 0.3) is 0 Å². The number of carboxylic acids is 1. The van der Waals surface area contributed by atoms with Gasteiger partial charge in [-0.15, -0.1) is 0 Å². The number of rotatable bonds is 5. The van der Waals surface area contributed by atoms with E-state index in [0.29, 0.717) is 0 Å². The molecule has 98 valence electrons. The Morgan fingerprint density at radius 3 is 2.47 bits per heavy atom. The van der Waals surface area contributed by atoms with Crippen LogP contribution in [-0.4, -0.2) is 59.3 Å². The van der Waals surface area contributed by atoms with Crippen molar-refractivity contribution in [3.8, 4) is 0 Å². The van der Waals surface area contributed by atoms with Crippen LogP contribution in [0.25, 0.3) is 0 Å². The predicted molar refractivity (Wildman–Crippen MR) is 56.4 cm³/mol. The van der Waals surface area contributed by atoms with Crippen LogP contribution < -0.4 is 5.73 Å². The van der Waals surface area contributed by atoms with Gasteiger partial charge in [-0.2, -0.15) is 4.31 Å². The Morgan fingerprint density at radius 2 is 2.00 bits per heavy atom. The van der Waals surface area contributed by atoms with E-state index in [-0.39, 0.29) is 13.0 Å². The molecule has 0 aromatic rings. The molecule has 2 atom stereocenters. The number of carboxylic acid groups (broad SMARTS) is 1. The zero-order chi connectivity index (χ0) is 13.2. The fourth-order valence-electron chi connectivity index (χ4n) is 1.68. The van der Waals surface area contributed by atoms with Crippen LogP contribution in [0.5, 0.6) is 0 Å². The summed E-state index contributed by atoms with van der Waals surface area (Å²) in [7, 11) is -3.89. The average molecular weight is 266 g/mol. The summed E-state index contributed by atoms with van der Waals surface area (Å²) < 4.78 is 24.3. The maximum atomic E-state index is 11.7. The number of carbonyl (C=O) groups excluding carboxylic acids is 1. The predicted octanol–water partition coefficient (Wildman–Crippen LogP) is -2.29. The highest BCUT2D eigenvalue weighted by Crippen LogP contribution is 2.22. The first kappa shape index (κ1) is 13.9. The molecule has 0 bridgehead atoms. The van der Waals surface area contributed by atoms with Gasteiger partial charge in [-0.1, -0.05) is 0 Å². The van der Waals surface area contributed by atoms with Crippen LogP contribution in [0.3, 0.4) is 0 Å². The molecule has 1 amide bonds. The van der Waals surface area contributed by atoms with Crippen molar-refractivity contribution in [1.29, 1.82) is 0 Å². The summed E-state index contributed by atoms with van der Waals surface area (Å²) in [5.74, 6) is -2.71. The number of aliphatic carboxylic acids is 1. The van der Waals surface area contributed by atoms with E-state index in [0.717, 1.165) is 4.31 Å². The van der Waals surface area contributed by atoms with Gasteiger partial charge in [-0.05, 0) is 0 Å². The molecule has 0 aromatic carbocycles.